The van der Waals surface area contributed by atoms with Crippen molar-refractivity contribution in [2.24, 2.45) is 0 Å². The maximum atomic E-state index is 4.94. The molecule has 0 saturated carbocycles. The summed E-state index contributed by atoms with van der Waals surface area (Å²) in [5.74, 6) is 0. The zero-order chi connectivity index (χ0) is 7.56. The standard InChI is InChI=1S/C7H12N2S/c1-3-5-6(4-2)9-7(10)8-5/h3-4H2,1-2H3,(H2,8,9,10). The van der Waals surface area contributed by atoms with Crippen LogP contribution in [0.25, 0.3) is 0 Å². The van der Waals surface area contributed by atoms with E-state index < -0.39 is 0 Å². The van der Waals surface area contributed by atoms with E-state index in [2.05, 4.69) is 23.8 Å². The van der Waals surface area contributed by atoms with Gasteiger partial charge in [-0.15, -0.1) is 0 Å². The molecule has 2 N–H and O–H groups in total. The monoisotopic (exact) mass is 156 g/mol. The molecule has 0 radical (unpaired) electrons. The van der Waals surface area contributed by atoms with Gasteiger partial charge in [-0.25, -0.2) is 0 Å². The molecule has 1 aromatic rings. The van der Waals surface area contributed by atoms with Gasteiger partial charge in [-0.05, 0) is 25.1 Å². The van der Waals surface area contributed by atoms with Crippen molar-refractivity contribution in [3.63, 3.8) is 0 Å². The van der Waals surface area contributed by atoms with E-state index in [1.807, 2.05) is 0 Å². The number of imidazole rings is 1. The summed E-state index contributed by atoms with van der Waals surface area (Å²) in [6, 6.07) is 0. The van der Waals surface area contributed by atoms with Crippen molar-refractivity contribution in [1.29, 1.82) is 0 Å². The average Bonchev–Trinajstić information content (AvgIpc) is 2.30. The number of rotatable bonds is 2. The number of aromatic amines is 2. The highest BCUT2D eigenvalue weighted by atomic mass is 32.1. The summed E-state index contributed by atoms with van der Waals surface area (Å²) in [6.07, 6.45) is 2.05. The second-order valence-corrected chi connectivity index (χ2v) is 2.65. The maximum Gasteiger partial charge on any atom is 0.174 e. The fraction of sp³-hybridized carbons (Fsp3) is 0.571. The fourth-order valence-corrected chi connectivity index (χ4v) is 1.31. The van der Waals surface area contributed by atoms with E-state index in [-0.39, 0.29) is 0 Å². The third-order valence-corrected chi connectivity index (χ3v) is 1.80. The lowest BCUT2D eigenvalue weighted by Gasteiger charge is -1.92. The Bertz CT molecular complexity index is 234. The smallest absolute Gasteiger partial charge is 0.174 e. The van der Waals surface area contributed by atoms with Crippen LogP contribution in [0.1, 0.15) is 25.2 Å². The van der Waals surface area contributed by atoms with E-state index in [4.69, 9.17) is 12.2 Å². The van der Waals surface area contributed by atoms with Gasteiger partial charge in [0.2, 0.25) is 0 Å². The van der Waals surface area contributed by atoms with Gasteiger partial charge in [-0.2, -0.15) is 0 Å². The number of nitrogens with one attached hydrogen (secondary N) is 2. The molecule has 0 saturated heterocycles. The van der Waals surface area contributed by atoms with Crippen molar-refractivity contribution in [1.82, 2.24) is 9.97 Å². The summed E-state index contributed by atoms with van der Waals surface area (Å²) in [5.41, 5.74) is 2.49. The first kappa shape index (κ1) is 7.54. The van der Waals surface area contributed by atoms with Gasteiger partial charge in [0.05, 0.1) is 0 Å². The van der Waals surface area contributed by atoms with Crippen LogP contribution in [0.3, 0.4) is 0 Å². The average molecular weight is 156 g/mol. The zero-order valence-electron chi connectivity index (χ0n) is 6.32. The molecule has 0 spiro atoms. The molecule has 0 unspecified atom stereocenters. The SMILES string of the molecule is CCc1[nH]c(=S)[nH]c1CC. The second kappa shape index (κ2) is 3.01. The molecule has 1 aromatic heterocycles. The number of hydrogen-bond donors (Lipinski definition) is 2. The van der Waals surface area contributed by atoms with Crippen LogP contribution in [0.15, 0.2) is 0 Å². The number of aryl methyl sites for hydroxylation is 2. The lowest BCUT2D eigenvalue weighted by atomic mass is 10.2. The third-order valence-electron chi connectivity index (χ3n) is 1.60. The first-order chi connectivity index (χ1) is 4.77. The highest BCUT2D eigenvalue weighted by Crippen LogP contribution is 2.04. The predicted molar refractivity (Wildman–Crippen MR) is 44.7 cm³/mol. The minimum atomic E-state index is 0.744. The molecule has 1 heterocycles. The van der Waals surface area contributed by atoms with Gasteiger partial charge >= 0.3 is 0 Å². The van der Waals surface area contributed by atoms with Crippen molar-refractivity contribution >= 4 is 12.2 Å². The van der Waals surface area contributed by atoms with Crippen molar-refractivity contribution < 1.29 is 0 Å². The maximum absolute atomic E-state index is 4.94. The van der Waals surface area contributed by atoms with Crippen molar-refractivity contribution in [3.05, 3.63) is 16.2 Å². The molecule has 0 aliphatic rings. The van der Waals surface area contributed by atoms with Gasteiger partial charge in [0.25, 0.3) is 0 Å². The molecular weight excluding hydrogens is 144 g/mol. The van der Waals surface area contributed by atoms with Crippen LogP contribution in [0.5, 0.6) is 0 Å². The summed E-state index contributed by atoms with van der Waals surface area (Å²) in [7, 11) is 0. The van der Waals surface area contributed by atoms with E-state index in [1.54, 1.807) is 0 Å². The van der Waals surface area contributed by atoms with Gasteiger partial charge in [0.15, 0.2) is 4.77 Å². The normalized spacial score (nSPS) is 10.2. The molecule has 3 heteroatoms. The molecule has 0 fully saturated rings. The lowest BCUT2D eigenvalue weighted by molar-refractivity contribution is 0.979. The fourth-order valence-electron chi connectivity index (χ4n) is 1.06. The molecule has 0 atom stereocenters. The molecular formula is C7H12N2S. The van der Waals surface area contributed by atoms with E-state index in [1.165, 1.54) is 11.4 Å². The van der Waals surface area contributed by atoms with Crippen molar-refractivity contribution in [2.45, 2.75) is 26.7 Å². The Morgan fingerprint density at radius 3 is 1.80 bits per heavy atom. The molecule has 0 aliphatic heterocycles. The number of H-pyrrole nitrogens is 2. The summed E-state index contributed by atoms with van der Waals surface area (Å²) < 4.78 is 0.744. The highest BCUT2D eigenvalue weighted by molar-refractivity contribution is 7.71. The zero-order valence-corrected chi connectivity index (χ0v) is 7.14. The van der Waals surface area contributed by atoms with Crippen LogP contribution in [-0.4, -0.2) is 9.97 Å². The topological polar surface area (TPSA) is 31.6 Å². The lowest BCUT2D eigenvalue weighted by Crippen LogP contribution is -1.87. The molecule has 1 rings (SSSR count). The summed E-state index contributed by atoms with van der Waals surface area (Å²) in [6.45, 7) is 4.24. The number of hydrogen-bond acceptors (Lipinski definition) is 1. The van der Waals surface area contributed by atoms with E-state index in [9.17, 15) is 0 Å². The number of aromatic nitrogens is 2. The van der Waals surface area contributed by atoms with Crippen LogP contribution in [-0.2, 0) is 12.8 Å². The minimum absolute atomic E-state index is 0.744. The highest BCUT2D eigenvalue weighted by Gasteiger charge is 1.98. The van der Waals surface area contributed by atoms with Gasteiger partial charge in [-0.1, -0.05) is 13.8 Å². The van der Waals surface area contributed by atoms with E-state index in [0.29, 0.717) is 0 Å². The van der Waals surface area contributed by atoms with E-state index in [0.717, 1.165) is 17.6 Å². The first-order valence-corrected chi connectivity index (χ1v) is 3.98. The van der Waals surface area contributed by atoms with Crippen molar-refractivity contribution in [3.8, 4) is 0 Å². The Morgan fingerprint density at radius 2 is 1.50 bits per heavy atom. The largest absolute Gasteiger partial charge is 0.334 e. The van der Waals surface area contributed by atoms with Crippen LogP contribution in [0, 0.1) is 4.77 Å². The third kappa shape index (κ3) is 1.29. The minimum Gasteiger partial charge on any atom is -0.334 e. The van der Waals surface area contributed by atoms with E-state index >= 15 is 0 Å². The Morgan fingerprint density at radius 1 is 1.10 bits per heavy atom. The summed E-state index contributed by atoms with van der Waals surface area (Å²) in [4.78, 5) is 6.21. The van der Waals surface area contributed by atoms with Gasteiger partial charge in [0, 0.05) is 11.4 Å². The second-order valence-electron chi connectivity index (χ2n) is 2.24. The molecule has 2 nitrogen and oxygen atoms in total. The first-order valence-electron chi connectivity index (χ1n) is 3.58. The van der Waals surface area contributed by atoms with Crippen LogP contribution >= 0.6 is 12.2 Å². The quantitative estimate of drug-likeness (QED) is 0.632. The van der Waals surface area contributed by atoms with Gasteiger partial charge < -0.3 is 9.97 Å². The predicted octanol–water partition coefficient (Wildman–Crippen LogP) is 2.20. The molecule has 0 bridgehead atoms. The Labute approximate surface area is 65.7 Å². The van der Waals surface area contributed by atoms with Crippen LogP contribution in [0.4, 0.5) is 0 Å². The molecule has 0 aromatic carbocycles. The van der Waals surface area contributed by atoms with Crippen LogP contribution in [0.2, 0.25) is 0 Å². The summed E-state index contributed by atoms with van der Waals surface area (Å²) in [5, 5.41) is 0. The molecule has 0 amide bonds. The molecule has 56 valence electrons. The molecule has 10 heavy (non-hydrogen) atoms. The Hall–Kier alpha value is -0.570. The summed E-state index contributed by atoms with van der Waals surface area (Å²) >= 11 is 4.94. The van der Waals surface area contributed by atoms with Crippen LogP contribution < -0.4 is 0 Å². The van der Waals surface area contributed by atoms with Crippen molar-refractivity contribution in [2.75, 3.05) is 0 Å². The molecule has 0 aliphatic carbocycles. The Kier molecular flexibility index (Phi) is 2.27. The Balaban J connectivity index is 3.08. The van der Waals surface area contributed by atoms with Gasteiger partial charge in [-0.3, -0.25) is 0 Å². The van der Waals surface area contributed by atoms with Gasteiger partial charge in [0.1, 0.15) is 0 Å².